The molecule has 29 heavy (non-hydrogen) atoms. The van der Waals surface area contributed by atoms with Crippen LogP contribution >= 0.6 is 0 Å². The van der Waals surface area contributed by atoms with E-state index in [0.717, 1.165) is 36.5 Å². The minimum Gasteiger partial charge on any atom is -0.497 e. The maximum absolute atomic E-state index is 5.48. The Morgan fingerprint density at radius 1 is 1.03 bits per heavy atom. The van der Waals surface area contributed by atoms with Crippen molar-refractivity contribution >= 4 is 0 Å². The molecule has 0 amide bonds. The third-order valence-electron chi connectivity index (χ3n) is 8.58. The summed E-state index contributed by atoms with van der Waals surface area (Å²) in [6, 6.07) is 18.4. The van der Waals surface area contributed by atoms with E-state index in [2.05, 4.69) is 60.8 Å². The van der Waals surface area contributed by atoms with Crippen molar-refractivity contribution < 1.29 is 4.74 Å². The summed E-state index contributed by atoms with van der Waals surface area (Å²) in [5.41, 5.74) is 5.10. The number of benzene rings is 2. The molecule has 5 rings (SSSR count). The lowest BCUT2D eigenvalue weighted by Gasteiger charge is -2.51. The van der Waals surface area contributed by atoms with Crippen LogP contribution in [-0.2, 0) is 12.8 Å². The Balaban J connectivity index is 1.28. The highest BCUT2D eigenvalue weighted by Gasteiger charge is 2.54. The van der Waals surface area contributed by atoms with Gasteiger partial charge in [0.2, 0.25) is 0 Å². The normalized spacial score (nSPS) is 32.9. The molecule has 3 aliphatic rings. The van der Waals surface area contributed by atoms with Gasteiger partial charge in [-0.25, -0.2) is 0 Å². The summed E-state index contributed by atoms with van der Waals surface area (Å²) < 4.78 is 5.48. The van der Waals surface area contributed by atoms with Gasteiger partial charge in [-0.3, -0.25) is 0 Å². The molecule has 2 fully saturated rings. The quantitative estimate of drug-likeness (QED) is 0.703. The molecule has 2 aromatic carbocycles. The summed E-state index contributed by atoms with van der Waals surface area (Å²) in [6.07, 6.45) is 9.22. The molecular formula is C27H35NO. The van der Waals surface area contributed by atoms with E-state index < -0.39 is 0 Å². The van der Waals surface area contributed by atoms with Crippen LogP contribution in [0.2, 0.25) is 0 Å². The van der Waals surface area contributed by atoms with Crippen molar-refractivity contribution in [2.75, 3.05) is 13.7 Å². The van der Waals surface area contributed by atoms with E-state index in [0.29, 0.717) is 11.5 Å². The van der Waals surface area contributed by atoms with Gasteiger partial charge < -0.3 is 10.1 Å². The van der Waals surface area contributed by atoms with E-state index >= 15 is 0 Å². The molecule has 0 aromatic heterocycles. The number of rotatable bonds is 5. The maximum Gasteiger partial charge on any atom is 0.119 e. The molecule has 5 atom stereocenters. The molecule has 0 unspecified atom stereocenters. The smallest absolute Gasteiger partial charge is 0.119 e. The zero-order valence-corrected chi connectivity index (χ0v) is 18.0. The predicted molar refractivity (Wildman–Crippen MR) is 120 cm³/mol. The lowest BCUT2D eigenvalue weighted by Crippen LogP contribution is -2.49. The molecule has 0 aliphatic heterocycles. The van der Waals surface area contributed by atoms with Gasteiger partial charge in [0.05, 0.1) is 7.11 Å². The van der Waals surface area contributed by atoms with Crippen LogP contribution in [0.3, 0.4) is 0 Å². The molecule has 2 nitrogen and oxygen atoms in total. The summed E-state index contributed by atoms with van der Waals surface area (Å²) >= 11 is 0. The Bertz CT molecular complexity index is 847. The predicted octanol–water partition coefficient (Wildman–Crippen LogP) is 5.75. The van der Waals surface area contributed by atoms with E-state index in [1.807, 2.05) is 0 Å². The zero-order valence-electron chi connectivity index (χ0n) is 18.0. The lowest BCUT2D eigenvalue weighted by molar-refractivity contribution is 0.0414. The van der Waals surface area contributed by atoms with Gasteiger partial charge in [0, 0.05) is 6.04 Å². The summed E-state index contributed by atoms with van der Waals surface area (Å²) in [4.78, 5) is 0. The van der Waals surface area contributed by atoms with Crippen LogP contribution in [-0.4, -0.2) is 19.7 Å². The number of hydrogen-bond acceptors (Lipinski definition) is 2. The number of hydrogen-bond donors (Lipinski definition) is 1. The topological polar surface area (TPSA) is 21.3 Å². The monoisotopic (exact) mass is 389 g/mol. The first-order valence-electron chi connectivity index (χ1n) is 11.6. The van der Waals surface area contributed by atoms with Crippen molar-refractivity contribution in [2.24, 2.45) is 17.3 Å². The van der Waals surface area contributed by atoms with Crippen LogP contribution in [0.4, 0.5) is 0 Å². The minimum atomic E-state index is 0.474. The van der Waals surface area contributed by atoms with Crippen molar-refractivity contribution in [3.63, 3.8) is 0 Å². The molecule has 154 valence electrons. The van der Waals surface area contributed by atoms with E-state index in [4.69, 9.17) is 4.74 Å². The highest BCUT2D eigenvalue weighted by molar-refractivity contribution is 5.40. The average molecular weight is 390 g/mol. The molecule has 2 heteroatoms. The van der Waals surface area contributed by atoms with Crippen LogP contribution in [0.5, 0.6) is 5.75 Å². The van der Waals surface area contributed by atoms with Crippen molar-refractivity contribution in [2.45, 2.75) is 63.8 Å². The summed E-state index contributed by atoms with van der Waals surface area (Å²) in [7, 11) is 1.78. The van der Waals surface area contributed by atoms with Gasteiger partial charge in [0.15, 0.2) is 0 Å². The first-order chi connectivity index (χ1) is 14.2. The molecule has 0 spiro atoms. The first-order valence-corrected chi connectivity index (χ1v) is 11.6. The van der Waals surface area contributed by atoms with Gasteiger partial charge in [-0.15, -0.1) is 0 Å². The van der Waals surface area contributed by atoms with Gasteiger partial charge in [-0.2, -0.15) is 0 Å². The van der Waals surface area contributed by atoms with Gasteiger partial charge in [-0.1, -0.05) is 43.3 Å². The summed E-state index contributed by atoms with van der Waals surface area (Å²) in [5, 5.41) is 3.98. The summed E-state index contributed by atoms with van der Waals surface area (Å²) in [5.74, 6) is 3.54. The molecule has 0 bridgehead atoms. The number of fused-ring (bicyclic) bond motifs is 5. The molecule has 0 radical (unpaired) electrons. The molecule has 0 saturated heterocycles. The SMILES string of the molecule is COc1ccc2c(c1)CC[C@@H]1[C@@H]2CC[C@]2(C)[C@@H](NCCc3ccccc3)CC[C@@H]12. The van der Waals surface area contributed by atoms with Crippen LogP contribution in [0.25, 0.3) is 0 Å². The Labute approximate surface area is 176 Å². The lowest BCUT2D eigenvalue weighted by atomic mass is 9.55. The van der Waals surface area contributed by atoms with E-state index in [9.17, 15) is 0 Å². The van der Waals surface area contributed by atoms with Crippen molar-refractivity contribution in [1.29, 1.82) is 0 Å². The van der Waals surface area contributed by atoms with Crippen LogP contribution in [0, 0.1) is 17.3 Å². The van der Waals surface area contributed by atoms with E-state index in [1.165, 1.54) is 44.1 Å². The second kappa shape index (κ2) is 7.80. The van der Waals surface area contributed by atoms with Gasteiger partial charge >= 0.3 is 0 Å². The van der Waals surface area contributed by atoms with Crippen LogP contribution in [0.1, 0.15) is 61.6 Å². The second-order valence-electron chi connectivity index (χ2n) is 9.84. The van der Waals surface area contributed by atoms with Crippen molar-refractivity contribution in [3.8, 4) is 5.75 Å². The van der Waals surface area contributed by atoms with E-state index in [-0.39, 0.29) is 0 Å². The zero-order chi connectivity index (χ0) is 19.8. The maximum atomic E-state index is 5.48. The highest BCUT2D eigenvalue weighted by Crippen LogP contribution is 2.60. The molecule has 2 aromatic rings. The Kier molecular flexibility index (Phi) is 5.16. The van der Waals surface area contributed by atoms with Gasteiger partial charge in [0.1, 0.15) is 5.75 Å². The Morgan fingerprint density at radius 3 is 2.72 bits per heavy atom. The number of methoxy groups -OCH3 is 1. The average Bonchev–Trinajstić information content (AvgIpc) is 3.10. The van der Waals surface area contributed by atoms with Crippen molar-refractivity contribution in [1.82, 2.24) is 5.32 Å². The number of ether oxygens (including phenoxy) is 1. The van der Waals surface area contributed by atoms with E-state index in [1.54, 1.807) is 18.2 Å². The third kappa shape index (κ3) is 3.40. The minimum absolute atomic E-state index is 0.474. The van der Waals surface area contributed by atoms with Crippen LogP contribution in [0.15, 0.2) is 48.5 Å². The standard InChI is InChI=1S/C27H35NO/c1-27-16-14-23-22-11-9-21(29-2)18-20(22)8-10-24(23)25(27)12-13-26(27)28-17-15-19-6-4-3-5-7-19/h3-7,9,11,18,23-26,28H,8,10,12-17H2,1-2H3/t23-,24-,25+,26+,27+/m1/s1. The highest BCUT2D eigenvalue weighted by atomic mass is 16.5. The Hall–Kier alpha value is -1.80. The molecule has 2 saturated carbocycles. The third-order valence-corrected chi connectivity index (χ3v) is 8.58. The van der Waals surface area contributed by atoms with Crippen molar-refractivity contribution in [3.05, 3.63) is 65.2 Å². The number of aryl methyl sites for hydroxylation is 1. The van der Waals surface area contributed by atoms with Crippen LogP contribution < -0.4 is 10.1 Å². The molecule has 1 N–H and O–H groups in total. The fraction of sp³-hybridized carbons (Fsp3) is 0.556. The van der Waals surface area contributed by atoms with Gasteiger partial charge in [0.25, 0.3) is 0 Å². The number of nitrogens with one attached hydrogen (secondary N) is 1. The first kappa shape index (κ1) is 19.2. The van der Waals surface area contributed by atoms with Gasteiger partial charge in [-0.05, 0) is 103 Å². The fourth-order valence-electron chi connectivity index (χ4n) is 7.06. The molecule has 0 heterocycles. The Morgan fingerprint density at radius 2 is 1.90 bits per heavy atom. The fourth-order valence-corrected chi connectivity index (χ4v) is 7.06. The molecular weight excluding hydrogens is 354 g/mol. The second-order valence-corrected chi connectivity index (χ2v) is 9.84. The largest absolute Gasteiger partial charge is 0.497 e. The summed E-state index contributed by atoms with van der Waals surface area (Å²) in [6.45, 7) is 3.71. The molecule has 3 aliphatic carbocycles.